The zero-order valence-electron chi connectivity index (χ0n) is 21.0. The summed E-state index contributed by atoms with van der Waals surface area (Å²) in [5.74, 6) is 0. The van der Waals surface area contributed by atoms with E-state index in [0.717, 1.165) is 32.1 Å². The Kier molecular flexibility index (Phi) is 7.99. The molecule has 0 amide bonds. The van der Waals surface area contributed by atoms with Crippen LogP contribution in [0, 0.1) is 6.92 Å². The smallest absolute Gasteiger partial charge is 0.188 e. The standard InChI is InChI=1S/C32H28NO2PS2/c1-26-21-23-30(24-22-26)38(34,35)25-37-32-20-12-11-19-31(32)33-36(27-13-5-2-6-14-27,28-15-7-3-8-16-28)29-17-9-4-10-18-29/h2-24H,25H2,1H3. The largest absolute Gasteiger partial charge is 0.253 e. The maximum Gasteiger partial charge on any atom is 0.188 e. The molecule has 5 aromatic rings. The van der Waals surface area contributed by atoms with Gasteiger partial charge < -0.3 is 0 Å². The lowest BCUT2D eigenvalue weighted by atomic mass is 10.2. The van der Waals surface area contributed by atoms with Gasteiger partial charge in [-0.3, -0.25) is 4.74 Å². The Morgan fingerprint density at radius 1 is 0.605 bits per heavy atom. The van der Waals surface area contributed by atoms with Crippen LogP contribution in [0.25, 0.3) is 0 Å². The van der Waals surface area contributed by atoms with Crippen LogP contribution in [-0.4, -0.2) is 13.5 Å². The maximum absolute atomic E-state index is 13.1. The van der Waals surface area contributed by atoms with E-state index >= 15 is 0 Å². The lowest BCUT2D eigenvalue weighted by molar-refractivity contribution is 0.601. The lowest BCUT2D eigenvalue weighted by Crippen LogP contribution is -2.25. The molecule has 0 atom stereocenters. The monoisotopic (exact) mass is 553 g/mol. The van der Waals surface area contributed by atoms with Crippen LogP contribution in [0.5, 0.6) is 0 Å². The molecule has 0 unspecified atom stereocenters. The maximum atomic E-state index is 13.1. The van der Waals surface area contributed by atoms with Gasteiger partial charge in [0.15, 0.2) is 9.84 Å². The van der Waals surface area contributed by atoms with Gasteiger partial charge in [0.2, 0.25) is 0 Å². The number of nitrogens with zero attached hydrogens (tertiary/aromatic N) is 1. The van der Waals surface area contributed by atoms with Crippen LogP contribution in [-0.2, 0) is 9.84 Å². The van der Waals surface area contributed by atoms with Crippen molar-refractivity contribution in [3.8, 4) is 0 Å². The minimum Gasteiger partial charge on any atom is -0.253 e. The van der Waals surface area contributed by atoms with E-state index in [9.17, 15) is 8.42 Å². The summed E-state index contributed by atoms with van der Waals surface area (Å²) < 4.78 is 31.8. The topological polar surface area (TPSA) is 46.5 Å². The minimum atomic E-state index is -3.46. The number of thioether (sulfide) groups is 1. The second-order valence-corrected chi connectivity index (χ2v) is 15.3. The van der Waals surface area contributed by atoms with Crippen molar-refractivity contribution in [3.05, 3.63) is 145 Å². The summed E-state index contributed by atoms with van der Waals surface area (Å²) in [5, 5.41) is 3.37. The van der Waals surface area contributed by atoms with Crippen molar-refractivity contribution in [1.82, 2.24) is 0 Å². The normalized spacial score (nSPS) is 11.7. The van der Waals surface area contributed by atoms with Crippen molar-refractivity contribution < 1.29 is 8.42 Å². The number of aryl methyl sites for hydroxylation is 1. The molecule has 38 heavy (non-hydrogen) atoms. The van der Waals surface area contributed by atoms with Crippen molar-refractivity contribution >= 4 is 50.3 Å². The van der Waals surface area contributed by atoms with E-state index < -0.39 is 16.9 Å². The summed E-state index contributed by atoms with van der Waals surface area (Å²) in [7, 11) is -5.93. The number of hydrogen-bond donors (Lipinski definition) is 0. The fourth-order valence-electron chi connectivity index (χ4n) is 4.33. The van der Waals surface area contributed by atoms with Gasteiger partial charge in [0.25, 0.3) is 0 Å². The van der Waals surface area contributed by atoms with Crippen molar-refractivity contribution in [2.24, 2.45) is 4.74 Å². The van der Waals surface area contributed by atoms with Crippen molar-refractivity contribution in [2.75, 3.05) is 5.08 Å². The zero-order chi connectivity index (χ0) is 26.4. The molecule has 0 bridgehead atoms. The molecule has 0 radical (unpaired) electrons. The Bertz CT molecular complexity index is 1570. The number of rotatable bonds is 8. The molecule has 0 aliphatic carbocycles. The molecule has 5 aromatic carbocycles. The third-order valence-electron chi connectivity index (χ3n) is 6.26. The Hall–Kier alpha value is -3.37. The van der Waals surface area contributed by atoms with E-state index in [-0.39, 0.29) is 5.08 Å². The Morgan fingerprint density at radius 2 is 1.05 bits per heavy atom. The van der Waals surface area contributed by atoms with Crippen molar-refractivity contribution in [1.29, 1.82) is 0 Å². The predicted octanol–water partition coefficient (Wildman–Crippen LogP) is 7.33. The summed E-state index contributed by atoms with van der Waals surface area (Å²) in [6, 6.07) is 46.2. The molecule has 6 heteroatoms. The van der Waals surface area contributed by atoms with Gasteiger partial charge in [-0.1, -0.05) is 121 Å². The molecule has 0 N–H and O–H groups in total. The highest BCUT2D eigenvalue weighted by Gasteiger charge is 2.28. The van der Waals surface area contributed by atoms with Crippen molar-refractivity contribution in [3.63, 3.8) is 0 Å². The number of sulfone groups is 1. The fraction of sp³-hybridized carbons (Fsp3) is 0.0625. The molecule has 0 heterocycles. The Labute approximate surface area is 229 Å². The molecular weight excluding hydrogens is 525 g/mol. The van der Waals surface area contributed by atoms with Crippen molar-refractivity contribution in [2.45, 2.75) is 16.7 Å². The van der Waals surface area contributed by atoms with Gasteiger partial charge in [-0.15, -0.1) is 11.8 Å². The van der Waals surface area contributed by atoms with Gasteiger partial charge in [0.05, 0.1) is 17.6 Å². The third kappa shape index (κ3) is 5.56. The molecule has 0 spiro atoms. The van der Waals surface area contributed by atoms with Crippen LogP contribution in [0.2, 0.25) is 0 Å². The van der Waals surface area contributed by atoms with Crippen LogP contribution < -0.4 is 15.9 Å². The van der Waals surface area contributed by atoms with Gasteiger partial charge in [0.1, 0.15) is 5.08 Å². The highest BCUT2D eigenvalue weighted by atomic mass is 32.3. The first-order chi connectivity index (χ1) is 18.5. The van der Waals surface area contributed by atoms with Gasteiger partial charge in [0, 0.05) is 20.8 Å². The fourth-order valence-corrected chi connectivity index (χ4v) is 10.6. The molecule has 0 aliphatic rings. The van der Waals surface area contributed by atoms with Crippen LogP contribution in [0.4, 0.5) is 5.69 Å². The summed E-state index contributed by atoms with van der Waals surface area (Å²) in [6.45, 7) is 1.95. The predicted molar refractivity (Wildman–Crippen MR) is 163 cm³/mol. The van der Waals surface area contributed by atoms with Crippen LogP contribution in [0.3, 0.4) is 0 Å². The first kappa shape index (κ1) is 26.2. The van der Waals surface area contributed by atoms with Gasteiger partial charge in [-0.2, -0.15) is 0 Å². The number of benzene rings is 5. The summed E-state index contributed by atoms with van der Waals surface area (Å²) in [6.07, 6.45) is 0. The highest BCUT2D eigenvalue weighted by Crippen LogP contribution is 2.50. The van der Waals surface area contributed by atoms with Crippen LogP contribution in [0.1, 0.15) is 5.56 Å². The molecule has 0 aliphatic heterocycles. The Balaban J connectivity index is 1.67. The van der Waals surface area contributed by atoms with Gasteiger partial charge in [-0.25, -0.2) is 8.42 Å². The van der Waals surface area contributed by atoms with E-state index in [1.807, 2.05) is 61.5 Å². The second kappa shape index (κ2) is 11.6. The molecule has 0 aromatic heterocycles. The third-order valence-corrected chi connectivity index (χ3v) is 13.3. The molecule has 190 valence electrons. The molecule has 0 saturated heterocycles. The SMILES string of the molecule is Cc1ccc(S(=O)(=O)CSc2ccccc2N=P(c2ccccc2)(c2ccccc2)c2ccccc2)cc1. The molecule has 0 saturated carbocycles. The summed E-state index contributed by atoms with van der Waals surface area (Å²) in [5.41, 5.74) is 1.82. The molecule has 5 rings (SSSR count). The lowest BCUT2D eigenvalue weighted by Gasteiger charge is -2.27. The van der Waals surface area contributed by atoms with Gasteiger partial charge >= 0.3 is 0 Å². The van der Waals surface area contributed by atoms with E-state index in [2.05, 4.69) is 72.8 Å². The van der Waals surface area contributed by atoms with E-state index in [1.165, 1.54) is 11.8 Å². The number of hydrogen-bond acceptors (Lipinski definition) is 4. The Morgan fingerprint density at radius 3 is 1.55 bits per heavy atom. The summed E-state index contributed by atoms with van der Waals surface area (Å²) in [4.78, 5) is 1.18. The first-order valence-electron chi connectivity index (χ1n) is 12.3. The minimum absolute atomic E-state index is 0.0595. The van der Waals surface area contributed by atoms with Crippen LogP contribution in [0.15, 0.2) is 154 Å². The summed E-state index contributed by atoms with van der Waals surface area (Å²) >= 11 is 1.32. The highest BCUT2D eigenvalue weighted by molar-refractivity contribution is 8.12. The van der Waals surface area contributed by atoms with Crippen LogP contribution >= 0.6 is 18.8 Å². The molecular formula is C32H28NO2PS2. The van der Waals surface area contributed by atoms with Gasteiger partial charge in [-0.05, 0) is 31.2 Å². The quantitative estimate of drug-likeness (QED) is 0.149. The molecule has 0 fully saturated rings. The van der Waals surface area contributed by atoms with E-state index in [4.69, 9.17) is 4.74 Å². The molecule has 3 nitrogen and oxygen atoms in total. The average molecular weight is 554 g/mol. The van der Waals surface area contributed by atoms with E-state index in [1.54, 1.807) is 12.1 Å². The second-order valence-electron chi connectivity index (χ2n) is 8.90. The average Bonchev–Trinajstić information content (AvgIpc) is 2.97. The zero-order valence-corrected chi connectivity index (χ0v) is 23.5. The van der Waals surface area contributed by atoms with E-state index in [0.29, 0.717) is 4.90 Å². The first-order valence-corrected chi connectivity index (χ1v) is 16.7.